The Kier molecular flexibility index (Phi) is 4.13. The number of carboxylic acids is 1. The lowest BCUT2D eigenvalue weighted by Crippen LogP contribution is -2.60. The summed E-state index contributed by atoms with van der Waals surface area (Å²) in [4.78, 5) is 15.2. The van der Waals surface area contributed by atoms with Crippen molar-refractivity contribution in [3.8, 4) is 0 Å². The van der Waals surface area contributed by atoms with E-state index in [1.807, 2.05) is 31.2 Å². The molecule has 0 radical (unpaired) electrons. The fourth-order valence-electron chi connectivity index (χ4n) is 3.37. The largest absolute Gasteiger partial charge is 0.480 e. The molecule has 1 aliphatic heterocycles. The van der Waals surface area contributed by atoms with Gasteiger partial charge in [0, 0.05) is 17.3 Å². The summed E-state index contributed by atoms with van der Waals surface area (Å²) in [6, 6.07) is 7.37. The summed E-state index contributed by atoms with van der Waals surface area (Å²) in [6.07, 6.45) is 0.450. The van der Waals surface area contributed by atoms with E-state index in [-0.39, 0.29) is 5.04 Å². The Morgan fingerprint density at radius 2 is 1.96 bits per heavy atom. The lowest BCUT2D eigenvalue weighted by molar-refractivity contribution is -0.142. The van der Waals surface area contributed by atoms with Gasteiger partial charge in [0.1, 0.15) is 11.8 Å². The molecular weight excluding hydrogens is 332 g/mol. The van der Waals surface area contributed by atoms with Crippen molar-refractivity contribution in [1.29, 1.82) is 0 Å². The Bertz CT molecular complexity index is 822. The molecule has 1 aromatic carbocycles. The van der Waals surface area contributed by atoms with Gasteiger partial charge in [-0.15, -0.1) is 0 Å². The normalized spacial score (nSPS) is 24.3. The van der Waals surface area contributed by atoms with Crippen LogP contribution in [0.3, 0.4) is 0 Å². The second-order valence-corrected chi connectivity index (χ2v) is 13.4. The predicted molar refractivity (Wildman–Crippen MR) is 102 cm³/mol. The number of aromatic nitrogens is 1. The molecule has 5 nitrogen and oxygen atoms in total. The van der Waals surface area contributed by atoms with Crippen LogP contribution in [0.5, 0.6) is 0 Å². The number of aromatic amines is 1. The van der Waals surface area contributed by atoms with Crippen LogP contribution in [0, 0.1) is 0 Å². The van der Waals surface area contributed by atoms with Gasteiger partial charge in [0.15, 0.2) is 8.32 Å². The minimum atomic E-state index is -2.12. The number of benzene rings is 1. The highest BCUT2D eigenvalue weighted by atomic mass is 28.4. The third-order valence-electron chi connectivity index (χ3n) is 5.71. The van der Waals surface area contributed by atoms with Gasteiger partial charge in [-0.3, -0.25) is 10.1 Å². The number of carboxylic acid groups (broad SMARTS) is 1. The van der Waals surface area contributed by atoms with Crippen LogP contribution in [0.1, 0.15) is 39.0 Å². The molecule has 0 fully saturated rings. The molecule has 6 heteroatoms. The van der Waals surface area contributed by atoms with Gasteiger partial charge in [0.2, 0.25) is 0 Å². The lowest BCUT2D eigenvalue weighted by atomic mass is 9.92. The van der Waals surface area contributed by atoms with E-state index in [1.54, 1.807) is 0 Å². The molecule has 2 atom stereocenters. The third-order valence-corrected chi connectivity index (χ3v) is 10.2. The van der Waals surface area contributed by atoms with E-state index in [0.717, 1.165) is 22.2 Å². The summed E-state index contributed by atoms with van der Waals surface area (Å²) in [7, 11) is -2.12. The number of fused-ring (bicyclic) bond motifs is 3. The fraction of sp³-hybridized carbons (Fsp3) is 0.526. The van der Waals surface area contributed by atoms with Gasteiger partial charge in [-0.2, -0.15) is 0 Å². The molecule has 1 aromatic heterocycles. The Labute approximate surface area is 149 Å². The highest BCUT2D eigenvalue weighted by Gasteiger charge is 2.48. The SMILES string of the molecule is CC1(O[Si](C)(C)C(C)(C)C)NC(C(=O)O)Cc2c1[nH]c1ccccc21. The quantitative estimate of drug-likeness (QED) is 0.724. The maximum absolute atomic E-state index is 11.8. The Morgan fingerprint density at radius 3 is 2.56 bits per heavy atom. The minimum absolute atomic E-state index is 0.0278. The summed E-state index contributed by atoms with van der Waals surface area (Å²) < 4.78 is 6.70. The molecule has 0 saturated heterocycles. The monoisotopic (exact) mass is 360 g/mol. The van der Waals surface area contributed by atoms with Crippen LogP contribution in [-0.2, 0) is 21.4 Å². The van der Waals surface area contributed by atoms with E-state index in [1.165, 1.54) is 0 Å². The van der Waals surface area contributed by atoms with Gasteiger partial charge < -0.3 is 14.5 Å². The van der Waals surface area contributed by atoms with E-state index in [9.17, 15) is 9.90 Å². The minimum Gasteiger partial charge on any atom is -0.480 e. The molecule has 0 saturated carbocycles. The highest BCUT2D eigenvalue weighted by Crippen LogP contribution is 2.44. The third kappa shape index (κ3) is 3.03. The lowest BCUT2D eigenvalue weighted by Gasteiger charge is -2.47. The van der Waals surface area contributed by atoms with Crippen LogP contribution in [-0.4, -0.2) is 30.4 Å². The molecule has 0 bridgehead atoms. The van der Waals surface area contributed by atoms with Crippen LogP contribution in [0.4, 0.5) is 0 Å². The molecule has 0 spiro atoms. The molecule has 3 rings (SSSR count). The number of carbonyl (C=O) groups is 1. The summed E-state index contributed by atoms with van der Waals surface area (Å²) in [5, 5.41) is 14.0. The number of para-hydroxylation sites is 1. The summed E-state index contributed by atoms with van der Waals surface area (Å²) in [5.74, 6) is -0.846. The Morgan fingerprint density at radius 1 is 1.32 bits per heavy atom. The Hall–Kier alpha value is -1.63. The van der Waals surface area contributed by atoms with E-state index in [0.29, 0.717) is 6.42 Å². The van der Waals surface area contributed by atoms with Crippen LogP contribution in [0.15, 0.2) is 24.3 Å². The molecule has 25 heavy (non-hydrogen) atoms. The molecule has 2 aromatic rings. The molecule has 2 unspecified atom stereocenters. The van der Waals surface area contributed by atoms with Crippen molar-refractivity contribution in [1.82, 2.24) is 10.3 Å². The molecule has 0 aliphatic carbocycles. The topological polar surface area (TPSA) is 74.3 Å². The van der Waals surface area contributed by atoms with Gasteiger partial charge in [-0.25, -0.2) is 0 Å². The van der Waals surface area contributed by atoms with Crippen LogP contribution < -0.4 is 5.32 Å². The average Bonchev–Trinajstić information content (AvgIpc) is 2.85. The number of H-pyrrole nitrogens is 1. The van der Waals surface area contributed by atoms with E-state index in [4.69, 9.17) is 4.43 Å². The summed E-state index contributed by atoms with van der Waals surface area (Å²) >= 11 is 0. The molecular formula is C19H28N2O3Si. The number of hydrogen-bond donors (Lipinski definition) is 3. The van der Waals surface area contributed by atoms with E-state index < -0.39 is 26.1 Å². The zero-order valence-electron chi connectivity index (χ0n) is 15.9. The van der Waals surface area contributed by atoms with Gasteiger partial charge in [0.25, 0.3) is 0 Å². The Balaban J connectivity index is 2.14. The second-order valence-electron chi connectivity index (χ2n) is 8.66. The first-order valence-electron chi connectivity index (χ1n) is 8.75. The molecule has 1 aliphatic rings. The maximum Gasteiger partial charge on any atom is 0.321 e. The van der Waals surface area contributed by atoms with Crippen LogP contribution >= 0.6 is 0 Å². The van der Waals surface area contributed by atoms with E-state index in [2.05, 4.69) is 44.2 Å². The van der Waals surface area contributed by atoms with Crippen molar-refractivity contribution in [2.75, 3.05) is 0 Å². The van der Waals surface area contributed by atoms with E-state index >= 15 is 0 Å². The van der Waals surface area contributed by atoms with Crippen molar-refractivity contribution < 1.29 is 14.3 Å². The smallest absolute Gasteiger partial charge is 0.321 e. The summed E-state index contributed by atoms with van der Waals surface area (Å²) in [6.45, 7) is 12.9. The van der Waals surface area contributed by atoms with Gasteiger partial charge >= 0.3 is 5.97 Å². The number of aliphatic carboxylic acids is 1. The molecule has 3 N–H and O–H groups in total. The first-order valence-corrected chi connectivity index (χ1v) is 11.7. The molecule has 136 valence electrons. The number of hydrogen-bond acceptors (Lipinski definition) is 3. The maximum atomic E-state index is 11.8. The van der Waals surface area contributed by atoms with Gasteiger partial charge in [-0.1, -0.05) is 39.0 Å². The first kappa shape index (κ1) is 18.2. The standard InChI is InChI=1S/C19H28N2O3Si/c1-18(2,3)25(5,6)24-19(4)16-13(11-15(21-19)17(22)23)12-9-7-8-10-14(12)20-16/h7-10,15,20-21H,11H2,1-6H3,(H,22,23). The zero-order valence-corrected chi connectivity index (χ0v) is 16.9. The predicted octanol–water partition coefficient (Wildman–Crippen LogP) is 3.96. The van der Waals surface area contributed by atoms with Crippen molar-refractivity contribution >= 4 is 25.2 Å². The van der Waals surface area contributed by atoms with Crippen molar-refractivity contribution in [2.45, 2.75) is 64.0 Å². The first-order chi connectivity index (χ1) is 11.4. The average molecular weight is 361 g/mol. The summed E-state index contributed by atoms with van der Waals surface area (Å²) in [5.41, 5.74) is 2.17. The van der Waals surface area contributed by atoms with Crippen molar-refractivity contribution in [3.63, 3.8) is 0 Å². The van der Waals surface area contributed by atoms with Crippen molar-refractivity contribution in [3.05, 3.63) is 35.5 Å². The number of rotatable bonds is 3. The van der Waals surface area contributed by atoms with Crippen molar-refractivity contribution in [2.24, 2.45) is 0 Å². The number of nitrogens with one attached hydrogen (secondary N) is 2. The zero-order chi connectivity index (χ0) is 18.6. The van der Waals surface area contributed by atoms with Crippen LogP contribution in [0.2, 0.25) is 18.1 Å². The van der Waals surface area contributed by atoms with Crippen LogP contribution in [0.25, 0.3) is 10.9 Å². The van der Waals surface area contributed by atoms with Gasteiger partial charge in [0.05, 0.1) is 5.69 Å². The van der Waals surface area contributed by atoms with Gasteiger partial charge in [-0.05, 0) is 36.7 Å². The highest BCUT2D eigenvalue weighted by molar-refractivity contribution is 6.74. The molecule has 2 heterocycles. The second kappa shape index (κ2) is 5.69. The fourth-order valence-corrected chi connectivity index (χ4v) is 4.86. The molecule has 0 amide bonds.